The van der Waals surface area contributed by atoms with Crippen LogP contribution in [0.2, 0.25) is 0 Å². The van der Waals surface area contributed by atoms with Gasteiger partial charge in [0, 0.05) is 26.1 Å². The smallest absolute Gasteiger partial charge is 0.573 e. The summed E-state index contributed by atoms with van der Waals surface area (Å²) < 4.78 is 147. The molecule has 0 saturated carbocycles. The topological polar surface area (TPSA) is 189 Å². The van der Waals surface area contributed by atoms with Crippen LogP contribution in [0.25, 0.3) is 10.7 Å². The minimum absolute atomic E-state index is 0.0518. The SMILES string of the molecule is O=C(O)C1CNCCN1S(=O)(=O)c1ccc(OC(F)(F)F)cc1.[NH-]CC1=CC[C@](OC(F)(F)F)(c2nn3c(=O)c(C(F)(F)F)nnc3s2)C=C1. The number of sulfonamides is 1. The van der Waals surface area contributed by atoms with Crippen LogP contribution in [0.3, 0.4) is 0 Å². The number of benzene rings is 1. The van der Waals surface area contributed by atoms with E-state index in [1.807, 2.05) is 0 Å². The molecule has 0 spiro atoms. The molecule has 1 fully saturated rings. The van der Waals surface area contributed by atoms with Crippen molar-refractivity contribution in [1.82, 2.24) is 29.4 Å². The van der Waals surface area contributed by atoms with E-state index in [1.54, 1.807) is 0 Å². The fraction of sp³-hybridized carbons (Fsp3) is 0.400. The predicted molar refractivity (Wildman–Crippen MR) is 151 cm³/mol. The Labute approximate surface area is 277 Å². The molecule has 0 amide bonds. The Hall–Kier alpha value is -4.17. The summed E-state index contributed by atoms with van der Waals surface area (Å²) in [7, 11) is -4.14. The molecule has 274 valence electrons. The molecule has 5 rings (SSSR count). The van der Waals surface area contributed by atoms with E-state index in [0.717, 1.165) is 34.6 Å². The molecular weight excluding hydrogens is 745 g/mol. The summed E-state index contributed by atoms with van der Waals surface area (Å²) in [5.41, 5.74) is 1.99. The van der Waals surface area contributed by atoms with Gasteiger partial charge in [-0.3, -0.25) is 14.3 Å². The van der Waals surface area contributed by atoms with Gasteiger partial charge in [-0.2, -0.15) is 27.1 Å². The van der Waals surface area contributed by atoms with E-state index in [0.29, 0.717) is 16.9 Å². The van der Waals surface area contributed by atoms with E-state index in [9.17, 15) is 57.5 Å². The fourth-order valence-corrected chi connectivity index (χ4v) is 7.01. The molecule has 2 aromatic heterocycles. The van der Waals surface area contributed by atoms with Crippen molar-refractivity contribution in [2.24, 2.45) is 0 Å². The van der Waals surface area contributed by atoms with Crippen LogP contribution in [0.4, 0.5) is 39.5 Å². The summed E-state index contributed by atoms with van der Waals surface area (Å²) in [4.78, 5) is 22.4. The van der Waals surface area contributed by atoms with Crippen LogP contribution in [-0.4, -0.2) is 88.6 Å². The van der Waals surface area contributed by atoms with Crippen molar-refractivity contribution in [1.29, 1.82) is 0 Å². The standard InChI is InChI=1S/C13H8F6N5O2S.C12H13F3N2O5S/c14-12(15,16)7-8(25)24-10(22-21-7)27-9(23-24)11(26-13(17,18)19)3-1-6(5-20)2-4-11;13-12(14,15)22-8-1-3-9(4-2-8)23(20,21)17-6-5-16-7-10(17)11(18)19/h1-3,20H,4-5H2;1-4,10,16H,5-7H2,(H,18,19)/q-1;/t11-;/m0./s1. The molecule has 25 heteroatoms. The lowest BCUT2D eigenvalue weighted by molar-refractivity contribution is -0.361. The molecule has 0 radical (unpaired) electrons. The van der Waals surface area contributed by atoms with Gasteiger partial charge in [-0.15, -0.1) is 43.1 Å². The van der Waals surface area contributed by atoms with E-state index in [1.165, 1.54) is 12.2 Å². The van der Waals surface area contributed by atoms with Gasteiger partial charge in [0.05, 0.1) is 4.90 Å². The van der Waals surface area contributed by atoms with Crippen LogP contribution in [0.5, 0.6) is 5.75 Å². The van der Waals surface area contributed by atoms with Crippen molar-refractivity contribution < 1.29 is 67.3 Å². The number of rotatable bonds is 7. The molecule has 1 saturated heterocycles. The summed E-state index contributed by atoms with van der Waals surface area (Å²) in [6.07, 6.45) is -11.9. The molecule has 2 atom stereocenters. The molecule has 1 aliphatic heterocycles. The average Bonchev–Trinajstić information content (AvgIpc) is 3.46. The first-order valence-corrected chi connectivity index (χ1v) is 15.8. The van der Waals surface area contributed by atoms with Gasteiger partial charge in [-0.05, 0) is 30.3 Å². The van der Waals surface area contributed by atoms with Crippen LogP contribution in [0, 0.1) is 0 Å². The highest BCUT2D eigenvalue weighted by atomic mass is 32.2. The highest BCUT2D eigenvalue weighted by Gasteiger charge is 2.47. The molecule has 3 aromatic rings. The molecule has 2 aliphatic rings. The number of nitrogens with one attached hydrogen (secondary N) is 2. The quantitative estimate of drug-likeness (QED) is 0.332. The number of alkyl halides is 9. The monoisotopic (exact) mass is 766 g/mol. The number of halogens is 9. The van der Waals surface area contributed by atoms with Gasteiger partial charge in [0.2, 0.25) is 20.7 Å². The number of carbonyl (C=O) groups is 1. The van der Waals surface area contributed by atoms with E-state index in [4.69, 9.17) is 10.8 Å². The van der Waals surface area contributed by atoms with E-state index in [-0.39, 0.29) is 42.0 Å². The molecular formula is C25H21F9N7O7S2-. The Morgan fingerprint density at radius 2 is 1.74 bits per heavy atom. The maximum absolute atomic E-state index is 12.9. The third-order valence-electron chi connectivity index (χ3n) is 6.70. The summed E-state index contributed by atoms with van der Waals surface area (Å²) in [6, 6.07) is 2.32. The van der Waals surface area contributed by atoms with Crippen molar-refractivity contribution in [2.45, 2.75) is 41.9 Å². The molecule has 3 heterocycles. The van der Waals surface area contributed by atoms with Crippen LogP contribution < -0.4 is 15.6 Å². The first kappa shape index (κ1) is 38.6. The average molecular weight is 767 g/mol. The zero-order valence-corrected chi connectivity index (χ0v) is 26.1. The molecule has 50 heavy (non-hydrogen) atoms. The molecule has 1 aromatic carbocycles. The Kier molecular flexibility index (Phi) is 11.0. The maximum atomic E-state index is 12.9. The number of piperazine rings is 1. The molecule has 14 nitrogen and oxygen atoms in total. The van der Waals surface area contributed by atoms with E-state index >= 15 is 0 Å². The molecule has 1 aliphatic carbocycles. The number of fused-ring (bicyclic) bond motifs is 1. The maximum Gasteiger partial charge on any atom is 0.573 e. The molecule has 3 N–H and O–H groups in total. The Balaban J connectivity index is 0.000000228. The lowest BCUT2D eigenvalue weighted by Gasteiger charge is -2.32. The normalized spacial score (nSPS) is 20.6. The third kappa shape index (κ3) is 8.94. The van der Waals surface area contributed by atoms with Crippen LogP contribution in [0.15, 0.2) is 57.8 Å². The summed E-state index contributed by atoms with van der Waals surface area (Å²) in [6.45, 7) is -0.0134. The summed E-state index contributed by atoms with van der Waals surface area (Å²) in [5, 5.41) is 21.1. The number of ether oxygens (including phenoxy) is 2. The minimum Gasteiger partial charge on any atom is -0.674 e. The van der Waals surface area contributed by atoms with Crippen molar-refractivity contribution >= 4 is 32.3 Å². The van der Waals surface area contributed by atoms with Gasteiger partial charge in [-0.1, -0.05) is 29.1 Å². The lowest BCUT2D eigenvalue weighted by Crippen LogP contribution is -2.56. The van der Waals surface area contributed by atoms with Gasteiger partial charge in [0.15, 0.2) is 10.6 Å². The van der Waals surface area contributed by atoms with Gasteiger partial charge in [0.25, 0.3) is 0 Å². The number of aliphatic carboxylic acids is 1. The minimum atomic E-state index is -5.09. The predicted octanol–water partition coefficient (Wildman–Crippen LogP) is 3.87. The van der Waals surface area contributed by atoms with Crippen LogP contribution in [0.1, 0.15) is 17.1 Å². The fourth-order valence-electron chi connectivity index (χ4n) is 4.47. The van der Waals surface area contributed by atoms with E-state index in [2.05, 4.69) is 30.1 Å². The second kappa shape index (κ2) is 14.2. The Morgan fingerprint density at radius 3 is 2.26 bits per heavy atom. The number of carboxylic acid groups (broad SMARTS) is 1. The molecule has 1 unspecified atom stereocenters. The van der Waals surface area contributed by atoms with Gasteiger partial charge < -0.3 is 20.9 Å². The second-order valence-electron chi connectivity index (χ2n) is 10.1. The van der Waals surface area contributed by atoms with Crippen molar-refractivity contribution in [2.75, 3.05) is 26.2 Å². The van der Waals surface area contributed by atoms with E-state index < -0.39 is 73.5 Å². The highest BCUT2D eigenvalue weighted by molar-refractivity contribution is 7.89. The highest BCUT2D eigenvalue weighted by Crippen LogP contribution is 2.42. The van der Waals surface area contributed by atoms with Crippen LogP contribution >= 0.6 is 11.3 Å². The van der Waals surface area contributed by atoms with Crippen molar-refractivity contribution in [3.05, 3.63) is 74.9 Å². The van der Waals surface area contributed by atoms with Gasteiger partial charge in [0.1, 0.15) is 11.8 Å². The number of nitrogens with zero attached hydrogens (tertiary/aromatic N) is 5. The van der Waals surface area contributed by atoms with Gasteiger partial charge >= 0.3 is 30.4 Å². The number of carboxylic acids is 1. The Morgan fingerprint density at radius 1 is 1.08 bits per heavy atom. The first-order valence-electron chi connectivity index (χ1n) is 13.5. The zero-order valence-electron chi connectivity index (χ0n) is 24.5. The lowest BCUT2D eigenvalue weighted by atomic mass is 9.92. The van der Waals surface area contributed by atoms with Crippen LogP contribution in [-0.2, 0) is 31.3 Å². The third-order valence-corrected chi connectivity index (χ3v) is 9.68. The number of aromatic nitrogens is 4. The van der Waals surface area contributed by atoms with Gasteiger partial charge in [-0.25, -0.2) is 8.42 Å². The summed E-state index contributed by atoms with van der Waals surface area (Å²) >= 11 is 0.444. The van der Waals surface area contributed by atoms with Crippen molar-refractivity contribution in [3.63, 3.8) is 0 Å². The second-order valence-corrected chi connectivity index (χ2v) is 12.9. The van der Waals surface area contributed by atoms with Crippen molar-refractivity contribution in [3.8, 4) is 5.75 Å². The Bertz CT molecular complexity index is 1940. The number of hydrogen-bond acceptors (Lipinski definition) is 11. The zero-order chi connectivity index (χ0) is 37.3. The largest absolute Gasteiger partial charge is 0.674 e. The summed E-state index contributed by atoms with van der Waals surface area (Å²) in [5.74, 6) is -1.87. The number of hydrogen-bond donors (Lipinski definition) is 2. The molecule has 0 bridgehead atoms. The first-order chi connectivity index (χ1) is 23.1.